The number of carbonyl (C=O) groups excluding carboxylic acids is 1. The SMILES string of the molecule is CCc1ccc(C2C(C(=O)Nc3ccccc3OC)=C(C)Nc3ncnn32)cc1. The Morgan fingerprint density at radius 3 is 2.69 bits per heavy atom. The first kappa shape index (κ1) is 18.7. The second kappa shape index (κ2) is 7.79. The van der Waals surface area contributed by atoms with Gasteiger partial charge in [0.05, 0.1) is 18.4 Å². The van der Waals surface area contributed by atoms with Crippen LogP contribution >= 0.6 is 0 Å². The summed E-state index contributed by atoms with van der Waals surface area (Å²) in [7, 11) is 1.58. The van der Waals surface area contributed by atoms with E-state index < -0.39 is 0 Å². The first-order valence-corrected chi connectivity index (χ1v) is 9.53. The van der Waals surface area contributed by atoms with Crippen molar-refractivity contribution in [2.45, 2.75) is 26.3 Å². The fourth-order valence-electron chi connectivity index (χ4n) is 3.57. The zero-order valence-corrected chi connectivity index (χ0v) is 16.6. The van der Waals surface area contributed by atoms with Crippen LogP contribution in [0.1, 0.15) is 31.0 Å². The van der Waals surface area contributed by atoms with E-state index in [1.807, 2.05) is 43.3 Å². The van der Waals surface area contributed by atoms with Crippen molar-refractivity contribution in [2.24, 2.45) is 0 Å². The number of allylic oxidation sites excluding steroid dienone is 1. The quantitative estimate of drug-likeness (QED) is 0.694. The fraction of sp³-hybridized carbons (Fsp3) is 0.227. The molecule has 0 bridgehead atoms. The third-order valence-corrected chi connectivity index (χ3v) is 5.10. The number of nitrogens with zero attached hydrogens (tertiary/aromatic N) is 3. The van der Waals surface area contributed by atoms with E-state index in [1.165, 1.54) is 11.9 Å². The third kappa shape index (κ3) is 3.47. The van der Waals surface area contributed by atoms with Gasteiger partial charge in [0.1, 0.15) is 18.1 Å². The average molecular weight is 389 g/mol. The summed E-state index contributed by atoms with van der Waals surface area (Å²) in [6, 6.07) is 15.2. The van der Waals surface area contributed by atoms with Crippen LogP contribution in [0.5, 0.6) is 5.75 Å². The molecule has 1 unspecified atom stereocenters. The van der Waals surface area contributed by atoms with Gasteiger partial charge in [0.2, 0.25) is 5.95 Å². The maximum atomic E-state index is 13.4. The maximum absolute atomic E-state index is 13.4. The van der Waals surface area contributed by atoms with E-state index in [0.717, 1.165) is 17.7 Å². The Morgan fingerprint density at radius 1 is 1.21 bits per heavy atom. The number of methoxy groups -OCH3 is 1. The number of ether oxygens (including phenoxy) is 1. The minimum atomic E-state index is -0.380. The minimum absolute atomic E-state index is 0.217. The number of amides is 1. The summed E-state index contributed by atoms with van der Waals surface area (Å²) in [6.45, 7) is 3.99. The molecule has 2 aromatic carbocycles. The number of carbonyl (C=O) groups is 1. The molecule has 0 spiro atoms. The average Bonchev–Trinajstić information content (AvgIpc) is 3.21. The molecule has 2 N–H and O–H groups in total. The van der Waals surface area contributed by atoms with Crippen LogP contribution in [-0.4, -0.2) is 27.8 Å². The van der Waals surface area contributed by atoms with E-state index in [2.05, 4.69) is 39.8 Å². The summed E-state index contributed by atoms with van der Waals surface area (Å²) in [5.74, 6) is 0.999. The molecule has 1 aromatic heterocycles. The van der Waals surface area contributed by atoms with Gasteiger partial charge in [0, 0.05) is 5.70 Å². The second-order valence-electron chi connectivity index (χ2n) is 6.84. The predicted octanol–water partition coefficient (Wildman–Crippen LogP) is 3.78. The number of fused-ring (bicyclic) bond motifs is 1. The summed E-state index contributed by atoms with van der Waals surface area (Å²) >= 11 is 0. The van der Waals surface area contributed by atoms with E-state index in [1.54, 1.807) is 11.8 Å². The monoisotopic (exact) mass is 389 g/mol. The summed E-state index contributed by atoms with van der Waals surface area (Å²) < 4.78 is 7.11. The molecule has 1 aliphatic rings. The van der Waals surface area contributed by atoms with Crippen molar-refractivity contribution < 1.29 is 9.53 Å². The number of anilines is 2. The number of rotatable bonds is 5. The van der Waals surface area contributed by atoms with Crippen LogP contribution in [0.15, 0.2) is 66.1 Å². The van der Waals surface area contributed by atoms with Gasteiger partial charge in [-0.25, -0.2) is 4.68 Å². The highest BCUT2D eigenvalue weighted by molar-refractivity contribution is 6.06. The molecule has 1 aliphatic heterocycles. The lowest BCUT2D eigenvalue weighted by Crippen LogP contribution is -2.31. The van der Waals surface area contributed by atoms with Gasteiger partial charge in [-0.3, -0.25) is 4.79 Å². The first-order chi connectivity index (χ1) is 14.1. The molecular weight excluding hydrogens is 366 g/mol. The maximum Gasteiger partial charge on any atom is 0.255 e. The van der Waals surface area contributed by atoms with Crippen molar-refractivity contribution in [3.05, 3.63) is 77.3 Å². The van der Waals surface area contributed by atoms with E-state index in [0.29, 0.717) is 23.0 Å². The zero-order chi connectivity index (χ0) is 20.4. The van der Waals surface area contributed by atoms with Crippen molar-refractivity contribution in [3.63, 3.8) is 0 Å². The number of benzene rings is 2. The molecule has 7 heteroatoms. The van der Waals surface area contributed by atoms with Crippen LogP contribution in [0.25, 0.3) is 0 Å². The normalized spacial score (nSPS) is 15.5. The van der Waals surface area contributed by atoms with E-state index in [9.17, 15) is 4.79 Å². The number of hydrogen-bond donors (Lipinski definition) is 2. The molecule has 2 heterocycles. The molecule has 0 fully saturated rings. The molecule has 3 aromatic rings. The summed E-state index contributed by atoms with van der Waals surface area (Å²) in [6.07, 6.45) is 2.45. The molecular formula is C22H23N5O2. The van der Waals surface area contributed by atoms with Crippen LogP contribution in [-0.2, 0) is 11.2 Å². The number of aromatic nitrogens is 3. The lowest BCUT2D eigenvalue weighted by molar-refractivity contribution is -0.113. The van der Waals surface area contributed by atoms with E-state index in [-0.39, 0.29) is 11.9 Å². The van der Waals surface area contributed by atoms with E-state index >= 15 is 0 Å². The second-order valence-corrected chi connectivity index (χ2v) is 6.84. The van der Waals surface area contributed by atoms with Gasteiger partial charge in [-0.15, -0.1) is 0 Å². The number of para-hydroxylation sites is 2. The fourth-order valence-corrected chi connectivity index (χ4v) is 3.57. The lowest BCUT2D eigenvalue weighted by atomic mass is 9.94. The predicted molar refractivity (Wildman–Crippen MR) is 112 cm³/mol. The molecule has 4 rings (SSSR count). The minimum Gasteiger partial charge on any atom is -0.495 e. The lowest BCUT2D eigenvalue weighted by Gasteiger charge is -2.29. The molecule has 0 aliphatic carbocycles. The van der Waals surface area contributed by atoms with Gasteiger partial charge in [-0.05, 0) is 36.6 Å². The van der Waals surface area contributed by atoms with Crippen LogP contribution in [0.4, 0.5) is 11.6 Å². The van der Waals surface area contributed by atoms with Gasteiger partial charge < -0.3 is 15.4 Å². The van der Waals surface area contributed by atoms with Crippen molar-refractivity contribution in [3.8, 4) is 5.75 Å². The largest absolute Gasteiger partial charge is 0.495 e. The third-order valence-electron chi connectivity index (χ3n) is 5.10. The number of nitrogens with one attached hydrogen (secondary N) is 2. The van der Waals surface area contributed by atoms with Crippen molar-refractivity contribution >= 4 is 17.5 Å². The Hall–Kier alpha value is -3.61. The molecule has 148 valence electrons. The Balaban J connectivity index is 1.75. The molecule has 29 heavy (non-hydrogen) atoms. The topological polar surface area (TPSA) is 81.1 Å². The Kier molecular flexibility index (Phi) is 5.03. The highest BCUT2D eigenvalue weighted by Gasteiger charge is 2.33. The van der Waals surface area contributed by atoms with Gasteiger partial charge in [0.15, 0.2) is 0 Å². The Morgan fingerprint density at radius 2 is 1.97 bits per heavy atom. The number of aryl methyl sites for hydroxylation is 1. The standard InChI is InChI=1S/C22H23N5O2/c1-4-15-9-11-16(12-10-15)20-19(14(2)25-22-23-13-24-27(20)22)21(28)26-17-7-5-6-8-18(17)29-3/h5-13,20H,4H2,1-3H3,(H,26,28)(H,23,24,25). The molecule has 0 radical (unpaired) electrons. The van der Waals surface area contributed by atoms with Gasteiger partial charge in [-0.2, -0.15) is 10.1 Å². The van der Waals surface area contributed by atoms with Crippen LogP contribution in [0, 0.1) is 0 Å². The Bertz CT molecular complexity index is 1070. The van der Waals surface area contributed by atoms with Crippen LogP contribution in [0.2, 0.25) is 0 Å². The van der Waals surface area contributed by atoms with E-state index in [4.69, 9.17) is 4.74 Å². The van der Waals surface area contributed by atoms with Crippen LogP contribution in [0.3, 0.4) is 0 Å². The summed E-state index contributed by atoms with van der Waals surface area (Å²) in [4.78, 5) is 17.6. The van der Waals surface area contributed by atoms with Crippen molar-refractivity contribution in [1.82, 2.24) is 14.8 Å². The van der Waals surface area contributed by atoms with Gasteiger partial charge in [-0.1, -0.05) is 43.3 Å². The van der Waals surface area contributed by atoms with Crippen molar-refractivity contribution in [2.75, 3.05) is 17.7 Å². The highest BCUT2D eigenvalue weighted by Crippen LogP contribution is 2.36. The molecule has 7 nitrogen and oxygen atoms in total. The highest BCUT2D eigenvalue weighted by atomic mass is 16.5. The molecule has 0 saturated carbocycles. The first-order valence-electron chi connectivity index (χ1n) is 9.53. The summed E-state index contributed by atoms with van der Waals surface area (Å²) in [5, 5.41) is 10.5. The Labute approximate surface area is 169 Å². The van der Waals surface area contributed by atoms with Gasteiger partial charge in [0.25, 0.3) is 5.91 Å². The smallest absolute Gasteiger partial charge is 0.255 e. The molecule has 1 atom stereocenters. The van der Waals surface area contributed by atoms with Crippen LogP contribution < -0.4 is 15.4 Å². The van der Waals surface area contributed by atoms with Gasteiger partial charge >= 0.3 is 0 Å². The summed E-state index contributed by atoms with van der Waals surface area (Å²) in [5.41, 5.74) is 4.15. The molecule has 1 amide bonds. The molecule has 0 saturated heterocycles. The zero-order valence-electron chi connectivity index (χ0n) is 16.6. The number of hydrogen-bond acceptors (Lipinski definition) is 5. The van der Waals surface area contributed by atoms with Crippen molar-refractivity contribution in [1.29, 1.82) is 0 Å².